The maximum atomic E-state index is 8.82. The van der Waals surface area contributed by atoms with Gasteiger partial charge in [0.15, 0.2) is 0 Å². The molecule has 1 aliphatic rings. The van der Waals surface area contributed by atoms with Crippen molar-refractivity contribution in [2.75, 3.05) is 26.8 Å². The average molecular weight is 187 g/mol. The molecule has 1 saturated carbocycles. The summed E-state index contributed by atoms with van der Waals surface area (Å²) in [7, 11) is 1.79. The molecular weight excluding hydrogens is 166 g/mol. The molecule has 1 aliphatic carbocycles. The van der Waals surface area contributed by atoms with Crippen molar-refractivity contribution in [1.82, 2.24) is 5.32 Å². The van der Waals surface area contributed by atoms with Gasteiger partial charge in [-0.1, -0.05) is 6.92 Å². The summed E-state index contributed by atoms with van der Waals surface area (Å²) < 4.78 is 5.46. The molecule has 13 heavy (non-hydrogen) atoms. The van der Waals surface area contributed by atoms with Gasteiger partial charge in [-0.15, -0.1) is 0 Å². The van der Waals surface area contributed by atoms with Gasteiger partial charge in [0.05, 0.1) is 5.60 Å². The Bertz CT molecular complexity index is 140. The van der Waals surface area contributed by atoms with Crippen molar-refractivity contribution < 1.29 is 9.84 Å². The Morgan fingerprint density at radius 3 is 2.62 bits per heavy atom. The zero-order valence-corrected chi connectivity index (χ0v) is 8.68. The van der Waals surface area contributed by atoms with Crippen molar-refractivity contribution in [3.63, 3.8) is 0 Å². The molecule has 1 rings (SSSR count). The van der Waals surface area contributed by atoms with E-state index in [0.717, 1.165) is 13.1 Å². The van der Waals surface area contributed by atoms with Gasteiger partial charge in [0, 0.05) is 20.3 Å². The predicted octanol–water partition coefficient (Wildman–Crippen LogP) is 0.773. The van der Waals surface area contributed by atoms with Gasteiger partial charge in [-0.2, -0.15) is 0 Å². The van der Waals surface area contributed by atoms with Gasteiger partial charge in [-0.3, -0.25) is 0 Å². The molecule has 0 aliphatic heterocycles. The minimum Gasteiger partial charge on any atom is -0.396 e. The number of nitrogens with one attached hydrogen (secondary N) is 1. The van der Waals surface area contributed by atoms with Gasteiger partial charge in [-0.25, -0.2) is 0 Å². The summed E-state index contributed by atoms with van der Waals surface area (Å²) in [5.74, 6) is 0.342. The summed E-state index contributed by atoms with van der Waals surface area (Å²) >= 11 is 0. The summed E-state index contributed by atoms with van der Waals surface area (Å²) in [5, 5.41) is 12.2. The summed E-state index contributed by atoms with van der Waals surface area (Å²) in [6.45, 7) is 4.09. The summed E-state index contributed by atoms with van der Waals surface area (Å²) in [5.41, 5.74) is 0.106. The highest BCUT2D eigenvalue weighted by molar-refractivity contribution is 4.91. The first kappa shape index (κ1) is 11.0. The molecule has 0 heterocycles. The highest BCUT2D eigenvalue weighted by atomic mass is 16.5. The Hall–Kier alpha value is -0.120. The third-order valence-corrected chi connectivity index (χ3v) is 2.95. The van der Waals surface area contributed by atoms with E-state index in [0.29, 0.717) is 5.92 Å². The van der Waals surface area contributed by atoms with Gasteiger partial charge < -0.3 is 15.2 Å². The van der Waals surface area contributed by atoms with E-state index in [1.165, 1.54) is 19.3 Å². The lowest BCUT2D eigenvalue weighted by Crippen LogP contribution is -2.48. The monoisotopic (exact) mass is 187 g/mol. The van der Waals surface area contributed by atoms with E-state index >= 15 is 0 Å². The van der Waals surface area contributed by atoms with Crippen molar-refractivity contribution in [2.45, 2.75) is 31.8 Å². The first-order chi connectivity index (χ1) is 6.22. The normalized spacial score (nSPS) is 22.4. The zero-order chi connectivity index (χ0) is 9.73. The molecule has 0 saturated heterocycles. The molecule has 0 aromatic heterocycles. The lowest BCUT2D eigenvalue weighted by molar-refractivity contribution is -0.0697. The van der Waals surface area contributed by atoms with Crippen LogP contribution in [0.3, 0.4) is 0 Å². The molecule has 1 fully saturated rings. The summed E-state index contributed by atoms with van der Waals surface area (Å²) in [6.07, 6.45) is 3.62. The number of aliphatic hydroxyl groups is 1. The Morgan fingerprint density at radius 2 is 2.23 bits per heavy atom. The molecule has 3 heteroatoms. The van der Waals surface area contributed by atoms with Crippen LogP contribution in [0.5, 0.6) is 0 Å². The molecule has 1 atom stereocenters. The van der Waals surface area contributed by atoms with Crippen molar-refractivity contribution in [2.24, 2.45) is 5.92 Å². The largest absolute Gasteiger partial charge is 0.396 e. The lowest BCUT2D eigenvalue weighted by Gasteiger charge is -2.40. The first-order valence-electron chi connectivity index (χ1n) is 5.09. The van der Waals surface area contributed by atoms with Crippen molar-refractivity contribution in [3.05, 3.63) is 0 Å². The maximum Gasteiger partial charge on any atom is 0.0802 e. The zero-order valence-electron chi connectivity index (χ0n) is 8.68. The Kier molecular flexibility index (Phi) is 4.16. The van der Waals surface area contributed by atoms with Gasteiger partial charge in [0.2, 0.25) is 0 Å². The third kappa shape index (κ3) is 2.93. The standard InChI is InChI=1S/C10H21NO2/c1-9(7-12)6-11-8-10(13-2)4-3-5-10/h9,11-12H,3-8H2,1-2H3. The molecule has 0 aromatic rings. The number of rotatable bonds is 6. The SMILES string of the molecule is COC1(CNCC(C)CO)CCC1. The molecule has 0 spiro atoms. The quantitative estimate of drug-likeness (QED) is 0.645. The number of methoxy groups -OCH3 is 1. The molecule has 2 N–H and O–H groups in total. The number of aliphatic hydroxyl groups excluding tert-OH is 1. The van der Waals surface area contributed by atoms with Crippen LogP contribution in [0, 0.1) is 5.92 Å². The van der Waals surface area contributed by atoms with E-state index in [2.05, 4.69) is 5.32 Å². The molecule has 1 unspecified atom stereocenters. The molecule has 0 aromatic carbocycles. The van der Waals surface area contributed by atoms with Gasteiger partial charge in [-0.05, 0) is 31.7 Å². The topological polar surface area (TPSA) is 41.5 Å². The third-order valence-electron chi connectivity index (χ3n) is 2.95. The van der Waals surface area contributed by atoms with Crippen LogP contribution in [-0.2, 0) is 4.74 Å². The number of ether oxygens (including phenoxy) is 1. The summed E-state index contributed by atoms with van der Waals surface area (Å²) in [6, 6.07) is 0. The Labute approximate surface area is 80.5 Å². The van der Waals surface area contributed by atoms with Crippen LogP contribution in [0.15, 0.2) is 0 Å². The van der Waals surface area contributed by atoms with E-state index in [4.69, 9.17) is 9.84 Å². The first-order valence-corrected chi connectivity index (χ1v) is 5.09. The number of hydrogen-bond donors (Lipinski definition) is 2. The van der Waals surface area contributed by atoms with Crippen molar-refractivity contribution >= 4 is 0 Å². The van der Waals surface area contributed by atoms with Crippen molar-refractivity contribution in [1.29, 1.82) is 0 Å². The fraction of sp³-hybridized carbons (Fsp3) is 1.00. The van der Waals surface area contributed by atoms with E-state index in [-0.39, 0.29) is 12.2 Å². The molecule has 3 nitrogen and oxygen atoms in total. The van der Waals surface area contributed by atoms with Crippen LogP contribution in [-0.4, -0.2) is 37.5 Å². The van der Waals surface area contributed by atoms with E-state index in [1.807, 2.05) is 6.92 Å². The highest BCUT2D eigenvalue weighted by Gasteiger charge is 2.36. The lowest BCUT2D eigenvalue weighted by atomic mass is 9.80. The van der Waals surface area contributed by atoms with Crippen LogP contribution in [0.1, 0.15) is 26.2 Å². The number of hydrogen-bond acceptors (Lipinski definition) is 3. The highest BCUT2D eigenvalue weighted by Crippen LogP contribution is 2.34. The summed E-state index contributed by atoms with van der Waals surface area (Å²) in [4.78, 5) is 0. The second-order valence-corrected chi connectivity index (χ2v) is 4.16. The van der Waals surface area contributed by atoms with Gasteiger partial charge in [0.1, 0.15) is 0 Å². The van der Waals surface area contributed by atoms with E-state index in [9.17, 15) is 0 Å². The van der Waals surface area contributed by atoms with Gasteiger partial charge >= 0.3 is 0 Å². The molecule has 0 radical (unpaired) electrons. The van der Waals surface area contributed by atoms with E-state index < -0.39 is 0 Å². The minimum absolute atomic E-state index is 0.106. The van der Waals surface area contributed by atoms with Gasteiger partial charge in [0.25, 0.3) is 0 Å². The minimum atomic E-state index is 0.106. The molecule has 0 amide bonds. The predicted molar refractivity (Wildman–Crippen MR) is 52.7 cm³/mol. The van der Waals surface area contributed by atoms with Crippen LogP contribution in [0.2, 0.25) is 0 Å². The van der Waals surface area contributed by atoms with Crippen LogP contribution in [0.25, 0.3) is 0 Å². The van der Waals surface area contributed by atoms with Crippen LogP contribution in [0.4, 0.5) is 0 Å². The van der Waals surface area contributed by atoms with Crippen LogP contribution < -0.4 is 5.32 Å². The van der Waals surface area contributed by atoms with Crippen molar-refractivity contribution in [3.8, 4) is 0 Å². The van der Waals surface area contributed by atoms with Crippen LogP contribution >= 0.6 is 0 Å². The van der Waals surface area contributed by atoms with E-state index in [1.54, 1.807) is 7.11 Å². The molecular formula is C10H21NO2. The average Bonchev–Trinajstić information content (AvgIpc) is 2.09. The smallest absolute Gasteiger partial charge is 0.0802 e. The molecule has 0 bridgehead atoms. The second-order valence-electron chi connectivity index (χ2n) is 4.16. The Morgan fingerprint density at radius 1 is 1.54 bits per heavy atom. The molecule has 78 valence electrons. The maximum absolute atomic E-state index is 8.82. The Balaban J connectivity index is 2.10. The fourth-order valence-corrected chi connectivity index (χ4v) is 1.64. The fourth-order valence-electron chi connectivity index (χ4n) is 1.64. The second kappa shape index (κ2) is 4.94.